The van der Waals surface area contributed by atoms with Gasteiger partial charge in [-0.05, 0) is 0 Å². The van der Waals surface area contributed by atoms with Gasteiger partial charge in [0.2, 0.25) is 0 Å². The maximum Gasteiger partial charge on any atom is 0.328 e. The predicted molar refractivity (Wildman–Crippen MR) is 42.7 cm³/mol. The van der Waals surface area contributed by atoms with E-state index in [1.165, 1.54) is 24.3 Å². The Labute approximate surface area is 112 Å². The van der Waals surface area contributed by atoms with Crippen LogP contribution in [0.3, 0.4) is 0 Å². The molecule has 14 heavy (non-hydrogen) atoms. The molecule has 0 saturated heterocycles. The fraction of sp³-hybridized carbons (Fsp3) is 0. The normalized spacial score (nSPS) is 10.0. The number of rotatable bonds is 4. The van der Waals surface area contributed by atoms with E-state index in [2.05, 4.69) is 0 Å². The Morgan fingerprint density at radius 1 is 0.714 bits per heavy atom. The first-order valence-corrected chi connectivity index (χ1v) is 3.10. The van der Waals surface area contributed by atoms with Gasteiger partial charge in [0.15, 0.2) is 0 Å². The Balaban J connectivity index is -0.000000605. The van der Waals surface area contributed by atoms with Crippen molar-refractivity contribution in [1.82, 2.24) is 0 Å². The molecule has 0 rings (SSSR count). The molecule has 0 spiro atoms. The molecule has 0 aromatic rings. The Morgan fingerprint density at radius 2 is 1.00 bits per heavy atom. The molecule has 0 aromatic heterocycles. The number of carboxylic acid groups (broad SMARTS) is 2. The summed E-state index contributed by atoms with van der Waals surface area (Å²) in [5.74, 6) is -2.08. The summed E-state index contributed by atoms with van der Waals surface area (Å²) >= 11 is 0. The molecule has 0 aromatic carbocycles. The predicted octanol–water partition coefficient (Wildman–Crippen LogP) is 0.819. The number of aliphatic carboxylic acids is 2. The van der Waals surface area contributed by atoms with E-state index >= 15 is 0 Å². The third kappa shape index (κ3) is 17.7. The van der Waals surface area contributed by atoms with Crippen LogP contribution in [-0.4, -0.2) is 22.2 Å². The van der Waals surface area contributed by atoms with E-state index in [4.69, 9.17) is 10.2 Å². The van der Waals surface area contributed by atoms with E-state index in [1.807, 2.05) is 0 Å². The molecule has 86 valence electrons. The van der Waals surface area contributed by atoms with Crippen molar-refractivity contribution in [2.45, 2.75) is 0 Å². The molecule has 0 aliphatic rings. The van der Waals surface area contributed by atoms with E-state index in [9.17, 15) is 9.59 Å². The summed E-state index contributed by atoms with van der Waals surface area (Å²) in [6.45, 7) is 0. The molecule has 0 saturated carbocycles. The van der Waals surface area contributed by atoms with Gasteiger partial charge in [-0.15, -0.1) is 0 Å². The van der Waals surface area contributed by atoms with Crippen LogP contribution in [0, 0.1) is 0 Å². The van der Waals surface area contributed by atoms with Crippen LogP contribution in [-0.2, 0) is 54.3 Å². The molecule has 0 bridgehead atoms. The van der Waals surface area contributed by atoms with Crippen molar-refractivity contribution in [3.8, 4) is 0 Å². The molecule has 0 fully saturated rings. The molecule has 4 nitrogen and oxygen atoms in total. The largest absolute Gasteiger partial charge is 0.478 e. The van der Waals surface area contributed by atoms with Crippen LogP contribution in [0.2, 0.25) is 0 Å². The van der Waals surface area contributed by atoms with Gasteiger partial charge in [-0.25, -0.2) is 9.59 Å². The Bertz CT molecular complexity index is 230. The average Bonchev–Trinajstić information content (AvgIpc) is 1.95. The molecular formula is C8H8Ag2O4. The maximum absolute atomic E-state index is 9.91. The van der Waals surface area contributed by atoms with Gasteiger partial charge in [-0.1, -0.05) is 24.3 Å². The third-order valence-electron chi connectivity index (χ3n) is 0.811. The van der Waals surface area contributed by atoms with Crippen molar-refractivity contribution in [2.75, 3.05) is 0 Å². The molecule has 0 aliphatic heterocycles. The smallest absolute Gasteiger partial charge is 0.328 e. The molecule has 0 unspecified atom stereocenters. The zero-order valence-corrected chi connectivity index (χ0v) is 9.74. The second-order valence-corrected chi connectivity index (χ2v) is 1.78. The van der Waals surface area contributed by atoms with Gasteiger partial charge in [0.1, 0.15) is 0 Å². The SMILES string of the molecule is O=C(O)C=CC=CC=CC(=O)O.[Ag].[Ag]. The minimum Gasteiger partial charge on any atom is -0.478 e. The van der Waals surface area contributed by atoms with Crippen LogP contribution >= 0.6 is 0 Å². The fourth-order valence-electron chi connectivity index (χ4n) is 0.404. The van der Waals surface area contributed by atoms with E-state index in [-0.39, 0.29) is 44.8 Å². The van der Waals surface area contributed by atoms with Crippen LogP contribution < -0.4 is 0 Å². The standard InChI is InChI=1S/C8H8O4.2Ag/c9-7(10)5-3-1-2-4-6-8(11)12;;/h1-6H,(H,9,10)(H,11,12);;. The van der Waals surface area contributed by atoms with Crippen molar-refractivity contribution in [2.24, 2.45) is 0 Å². The van der Waals surface area contributed by atoms with Crippen LogP contribution in [0.15, 0.2) is 36.5 Å². The van der Waals surface area contributed by atoms with Crippen LogP contribution in [0.25, 0.3) is 0 Å². The van der Waals surface area contributed by atoms with Gasteiger partial charge in [-0.2, -0.15) is 0 Å². The number of carboxylic acids is 2. The number of hydrogen-bond acceptors (Lipinski definition) is 2. The Hall–Kier alpha value is -0.359. The van der Waals surface area contributed by atoms with Gasteiger partial charge in [0.25, 0.3) is 0 Å². The Kier molecular flexibility index (Phi) is 17.4. The molecule has 6 heteroatoms. The third-order valence-corrected chi connectivity index (χ3v) is 0.811. The minimum absolute atomic E-state index is 0. The summed E-state index contributed by atoms with van der Waals surface area (Å²) < 4.78 is 0. The van der Waals surface area contributed by atoms with Gasteiger partial charge in [-0.3, -0.25) is 0 Å². The molecule has 2 radical (unpaired) electrons. The van der Waals surface area contributed by atoms with E-state index in [1.54, 1.807) is 0 Å². The van der Waals surface area contributed by atoms with Crippen molar-refractivity contribution in [3.05, 3.63) is 36.5 Å². The molecule has 0 heterocycles. The van der Waals surface area contributed by atoms with Crippen LogP contribution in [0.5, 0.6) is 0 Å². The zero-order valence-electron chi connectivity index (χ0n) is 6.78. The van der Waals surface area contributed by atoms with E-state index in [0.29, 0.717) is 0 Å². The summed E-state index contributed by atoms with van der Waals surface area (Å²) in [7, 11) is 0. The molecule has 0 atom stereocenters. The van der Waals surface area contributed by atoms with Crippen LogP contribution in [0.4, 0.5) is 0 Å². The molecule has 0 amide bonds. The molecule has 2 N–H and O–H groups in total. The molecule has 0 aliphatic carbocycles. The van der Waals surface area contributed by atoms with Crippen molar-refractivity contribution in [3.63, 3.8) is 0 Å². The van der Waals surface area contributed by atoms with Crippen molar-refractivity contribution in [1.29, 1.82) is 0 Å². The minimum atomic E-state index is -1.04. The average molecular weight is 384 g/mol. The quantitative estimate of drug-likeness (QED) is 0.428. The summed E-state index contributed by atoms with van der Waals surface area (Å²) in [5.41, 5.74) is 0. The first kappa shape index (κ1) is 19.3. The summed E-state index contributed by atoms with van der Waals surface area (Å²) in [4.78, 5) is 19.8. The number of carbonyl (C=O) groups is 2. The first-order chi connectivity index (χ1) is 5.63. The maximum atomic E-state index is 9.91. The fourth-order valence-corrected chi connectivity index (χ4v) is 0.404. The molecular weight excluding hydrogens is 376 g/mol. The Morgan fingerprint density at radius 3 is 1.21 bits per heavy atom. The van der Waals surface area contributed by atoms with Gasteiger partial charge < -0.3 is 10.2 Å². The zero-order chi connectivity index (χ0) is 9.40. The van der Waals surface area contributed by atoms with Crippen molar-refractivity contribution < 1.29 is 64.6 Å². The topological polar surface area (TPSA) is 74.6 Å². The van der Waals surface area contributed by atoms with Crippen molar-refractivity contribution >= 4 is 11.9 Å². The summed E-state index contributed by atoms with van der Waals surface area (Å²) in [5, 5.41) is 16.3. The number of hydrogen-bond donors (Lipinski definition) is 2. The monoisotopic (exact) mass is 382 g/mol. The second-order valence-electron chi connectivity index (χ2n) is 1.78. The second kappa shape index (κ2) is 12.6. The number of allylic oxidation sites excluding steroid dienone is 4. The van der Waals surface area contributed by atoms with Crippen LogP contribution in [0.1, 0.15) is 0 Å². The summed E-state index contributed by atoms with van der Waals surface area (Å²) in [6.07, 6.45) is 7.35. The first-order valence-electron chi connectivity index (χ1n) is 3.10. The van der Waals surface area contributed by atoms with Gasteiger partial charge in [0.05, 0.1) is 0 Å². The van der Waals surface area contributed by atoms with E-state index < -0.39 is 11.9 Å². The summed E-state index contributed by atoms with van der Waals surface area (Å²) in [6, 6.07) is 0. The van der Waals surface area contributed by atoms with Gasteiger partial charge >= 0.3 is 11.9 Å². The van der Waals surface area contributed by atoms with Gasteiger partial charge in [0, 0.05) is 56.9 Å². The van der Waals surface area contributed by atoms with E-state index in [0.717, 1.165) is 12.2 Å².